The molecule has 0 aromatic heterocycles. The molecule has 6 nitrogen and oxygen atoms in total. The summed E-state index contributed by atoms with van der Waals surface area (Å²) >= 11 is 0. The van der Waals surface area contributed by atoms with Gasteiger partial charge in [-0.15, -0.1) is 13.2 Å². The first-order chi connectivity index (χ1) is 16.2. The molecule has 0 aliphatic carbocycles. The average molecular weight is 472 g/mol. The number of rotatable bonds is 4. The number of imide groups is 1. The highest BCUT2D eigenvalue weighted by atomic mass is 19.4. The summed E-state index contributed by atoms with van der Waals surface area (Å²) in [7, 11) is 0. The first kappa shape index (κ1) is 21.9. The number of hydrogen-bond acceptors (Lipinski definition) is 5. The summed E-state index contributed by atoms with van der Waals surface area (Å²) in [6, 6.07) is 18.2. The molecule has 2 saturated heterocycles. The summed E-state index contributed by atoms with van der Waals surface area (Å²) in [5, 5.41) is 1.39. The van der Waals surface area contributed by atoms with Gasteiger partial charge in [-0.3, -0.25) is 14.4 Å². The minimum Gasteiger partial charge on any atom is -0.406 e. The smallest absolute Gasteiger partial charge is 0.406 e. The molecule has 3 aromatic carbocycles. The van der Waals surface area contributed by atoms with Crippen molar-refractivity contribution in [1.82, 2.24) is 0 Å². The van der Waals surface area contributed by atoms with Crippen LogP contribution < -0.4 is 14.7 Å². The van der Waals surface area contributed by atoms with E-state index >= 15 is 0 Å². The quantitative estimate of drug-likeness (QED) is 0.404. The lowest BCUT2D eigenvalue weighted by Crippen LogP contribution is -2.37. The maximum Gasteiger partial charge on any atom is 0.573 e. The molecule has 2 amide bonds. The molecule has 34 heavy (non-hydrogen) atoms. The normalized spacial score (nSPS) is 22.3. The fourth-order valence-corrected chi connectivity index (χ4v) is 4.29. The van der Waals surface area contributed by atoms with Crippen molar-refractivity contribution in [2.24, 2.45) is 5.92 Å². The largest absolute Gasteiger partial charge is 0.573 e. The van der Waals surface area contributed by atoms with Crippen LogP contribution in [0.1, 0.15) is 11.6 Å². The van der Waals surface area contributed by atoms with Gasteiger partial charge in [0.05, 0.1) is 17.4 Å². The Kier molecular flexibility index (Phi) is 5.24. The van der Waals surface area contributed by atoms with Crippen molar-refractivity contribution in [2.45, 2.75) is 18.5 Å². The molecule has 5 rings (SSSR count). The number of halogens is 4. The van der Waals surface area contributed by atoms with Gasteiger partial charge in [0.25, 0.3) is 5.91 Å². The Balaban J connectivity index is 1.55. The molecule has 174 valence electrons. The van der Waals surface area contributed by atoms with E-state index in [1.165, 1.54) is 35.4 Å². The maximum absolute atomic E-state index is 14.4. The van der Waals surface area contributed by atoms with E-state index in [2.05, 4.69) is 4.74 Å². The van der Waals surface area contributed by atoms with Crippen molar-refractivity contribution in [3.05, 3.63) is 90.2 Å². The van der Waals surface area contributed by atoms with E-state index in [0.29, 0.717) is 11.3 Å². The van der Waals surface area contributed by atoms with Gasteiger partial charge in [0.1, 0.15) is 17.5 Å². The summed E-state index contributed by atoms with van der Waals surface area (Å²) in [4.78, 5) is 33.3. The highest BCUT2D eigenvalue weighted by molar-refractivity contribution is 6.24. The number of carbonyl (C=O) groups excluding carboxylic acids is 2. The van der Waals surface area contributed by atoms with E-state index in [0.717, 1.165) is 23.1 Å². The Morgan fingerprint density at radius 3 is 2.12 bits per heavy atom. The van der Waals surface area contributed by atoms with Crippen LogP contribution in [0.25, 0.3) is 0 Å². The van der Waals surface area contributed by atoms with E-state index in [-0.39, 0.29) is 5.69 Å². The molecule has 2 aliphatic rings. The second-order valence-electron chi connectivity index (χ2n) is 7.74. The van der Waals surface area contributed by atoms with Crippen molar-refractivity contribution in [1.29, 1.82) is 0 Å². The fraction of sp³-hybridized carbons (Fsp3) is 0.167. The van der Waals surface area contributed by atoms with Gasteiger partial charge in [-0.1, -0.05) is 42.5 Å². The first-order valence-electron chi connectivity index (χ1n) is 10.2. The number of ether oxygens (including phenoxy) is 1. The molecule has 0 N–H and O–H groups in total. The lowest BCUT2D eigenvalue weighted by molar-refractivity contribution is -0.274. The Morgan fingerprint density at radius 2 is 1.47 bits per heavy atom. The van der Waals surface area contributed by atoms with Crippen LogP contribution in [0.3, 0.4) is 0 Å². The second kappa shape index (κ2) is 8.14. The van der Waals surface area contributed by atoms with Gasteiger partial charge in [0, 0.05) is 0 Å². The molecule has 0 saturated carbocycles. The van der Waals surface area contributed by atoms with E-state index in [1.807, 2.05) is 0 Å². The molecule has 0 spiro atoms. The van der Waals surface area contributed by atoms with E-state index in [9.17, 15) is 27.2 Å². The van der Waals surface area contributed by atoms with E-state index in [1.54, 1.807) is 30.3 Å². The van der Waals surface area contributed by atoms with E-state index < -0.39 is 47.8 Å². The molecule has 2 fully saturated rings. The number of anilines is 2. The number of alkyl halides is 3. The maximum atomic E-state index is 14.4. The predicted octanol–water partition coefficient (Wildman–Crippen LogP) is 4.78. The number of nitrogens with zero attached hydrogens (tertiary/aromatic N) is 2. The third kappa shape index (κ3) is 3.75. The molecule has 0 radical (unpaired) electrons. The summed E-state index contributed by atoms with van der Waals surface area (Å²) < 4.78 is 56.0. The van der Waals surface area contributed by atoms with Gasteiger partial charge >= 0.3 is 6.36 Å². The van der Waals surface area contributed by atoms with Gasteiger partial charge in [0.15, 0.2) is 6.10 Å². The summed E-state index contributed by atoms with van der Waals surface area (Å²) in [6.45, 7) is 0. The average Bonchev–Trinajstić information content (AvgIpc) is 3.31. The third-order valence-electron chi connectivity index (χ3n) is 5.67. The summed E-state index contributed by atoms with van der Waals surface area (Å²) in [6.07, 6.45) is -6.09. The monoisotopic (exact) mass is 472 g/mol. The number of hydrogen-bond donors (Lipinski definition) is 0. The van der Waals surface area contributed by atoms with Gasteiger partial charge in [-0.25, -0.2) is 14.4 Å². The van der Waals surface area contributed by atoms with Crippen molar-refractivity contribution in [2.75, 3.05) is 9.96 Å². The van der Waals surface area contributed by atoms with Crippen LogP contribution in [0.5, 0.6) is 5.75 Å². The lowest BCUT2D eigenvalue weighted by Gasteiger charge is -2.29. The van der Waals surface area contributed by atoms with Crippen molar-refractivity contribution in [3.8, 4) is 5.75 Å². The van der Waals surface area contributed by atoms with Crippen molar-refractivity contribution in [3.63, 3.8) is 0 Å². The molecular formula is C24H16F4N2O4. The van der Waals surface area contributed by atoms with Crippen LogP contribution in [0.15, 0.2) is 78.9 Å². The Morgan fingerprint density at radius 1 is 0.824 bits per heavy atom. The van der Waals surface area contributed by atoms with Crippen LogP contribution in [0.4, 0.5) is 28.9 Å². The predicted molar refractivity (Wildman–Crippen MR) is 112 cm³/mol. The number of hydroxylamine groups is 1. The Labute approximate surface area is 190 Å². The summed E-state index contributed by atoms with van der Waals surface area (Å²) in [5.74, 6) is -3.62. The number of para-hydroxylation sites is 2. The van der Waals surface area contributed by atoms with Crippen LogP contribution in [0, 0.1) is 11.7 Å². The fourth-order valence-electron chi connectivity index (χ4n) is 4.29. The number of carbonyl (C=O) groups is 2. The van der Waals surface area contributed by atoms with Crippen LogP contribution >= 0.6 is 0 Å². The molecule has 2 heterocycles. The van der Waals surface area contributed by atoms with Gasteiger partial charge < -0.3 is 4.74 Å². The van der Waals surface area contributed by atoms with Crippen LogP contribution in [-0.4, -0.2) is 24.3 Å². The SMILES string of the molecule is O=C1[C@H]2[C@H](ON(c3ccccc3)[C@@H]2c2ccc(OC(F)(F)F)cc2)C(=O)N1c1ccccc1F. The van der Waals surface area contributed by atoms with Gasteiger partial charge in [-0.05, 0) is 42.0 Å². The molecule has 3 atom stereocenters. The number of amides is 2. The third-order valence-corrected chi connectivity index (χ3v) is 5.67. The topological polar surface area (TPSA) is 59.1 Å². The molecule has 0 unspecified atom stereocenters. The molecule has 10 heteroatoms. The molecule has 3 aromatic rings. The van der Waals surface area contributed by atoms with Gasteiger partial charge in [0.2, 0.25) is 5.91 Å². The lowest BCUT2D eigenvalue weighted by atomic mass is 9.90. The second-order valence-corrected chi connectivity index (χ2v) is 7.74. The minimum absolute atomic E-state index is 0.186. The molecular weight excluding hydrogens is 456 g/mol. The highest BCUT2D eigenvalue weighted by Gasteiger charge is 2.60. The zero-order valence-corrected chi connectivity index (χ0v) is 17.3. The zero-order chi connectivity index (χ0) is 24.0. The summed E-state index contributed by atoms with van der Waals surface area (Å²) in [5.41, 5.74) is 0.771. The van der Waals surface area contributed by atoms with Gasteiger partial charge in [-0.2, -0.15) is 0 Å². The molecule has 0 bridgehead atoms. The van der Waals surface area contributed by atoms with Crippen molar-refractivity contribution < 1.29 is 36.7 Å². The van der Waals surface area contributed by atoms with Crippen LogP contribution in [-0.2, 0) is 14.4 Å². The Hall–Kier alpha value is -3.92. The number of fused-ring (bicyclic) bond motifs is 1. The zero-order valence-electron chi connectivity index (χ0n) is 17.3. The first-order valence-corrected chi connectivity index (χ1v) is 10.2. The molecule has 2 aliphatic heterocycles. The Bertz CT molecular complexity index is 1230. The standard InChI is InChI=1S/C24H16F4N2O4/c25-17-8-4-5-9-18(17)29-22(31)19-20(14-10-12-16(13-11-14)33-24(26,27)28)30(34-21(19)23(29)32)15-6-2-1-3-7-15/h1-13,19-21H/t19-,20-,21+/m1/s1. The van der Waals surface area contributed by atoms with E-state index in [4.69, 9.17) is 4.84 Å². The minimum atomic E-state index is -4.85. The highest BCUT2D eigenvalue weighted by Crippen LogP contribution is 2.48. The van der Waals surface area contributed by atoms with Crippen molar-refractivity contribution >= 4 is 23.2 Å². The number of benzene rings is 3. The van der Waals surface area contributed by atoms with Crippen LogP contribution in [0.2, 0.25) is 0 Å².